The molecule has 0 amide bonds. The van der Waals surface area contributed by atoms with Gasteiger partial charge in [-0.1, -0.05) is 57.7 Å². The van der Waals surface area contributed by atoms with Gasteiger partial charge < -0.3 is 24.1 Å². The minimum atomic E-state index is -1.27. The number of hydrogen-bond donors (Lipinski definition) is 1. The van der Waals surface area contributed by atoms with Crippen molar-refractivity contribution >= 4 is 23.8 Å². The van der Waals surface area contributed by atoms with Gasteiger partial charge in [-0.3, -0.25) is 9.59 Å². The SMILES string of the molecule is C=C1[C@@H](OC(=O)/C=C/c2ccccc2)CC[C@@]2(C)[C@@H](OC(C)=O)[C@H](O)C3=C(C)C(=O)C[C@]4(OC(C)(C)O[C@H]4[C@H]12)C3(C)C. The molecule has 5 rings (SSSR count). The zero-order valence-electron chi connectivity index (χ0n) is 25.6. The largest absolute Gasteiger partial charge is 0.459 e. The van der Waals surface area contributed by atoms with Crippen LogP contribution in [0.15, 0.2) is 59.7 Å². The molecule has 0 aromatic heterocycles. The van der Waals surface area contributed by atoms with Gasteiger partial charge >= 0.3 is 11.9 Å². The summed E-state index contributed by atoms with van der Waals surface area (Å²) in [4.78, 5) is 39.1. The molecule has 1 N–H and O–H groups in total. The van der Waals surface area contributed by atoms with Gasteiger partial charge in [-0.25, -0.2) is 4.79 Å². The summed E-state index contributed by atoms with van der Waals surface area (Å²) in [6, 6.07) is 9.45. The Morgan fingerprint density at radius 3 is 2.40 bits per heavy atom. The fraction of sp³-hybridized carbons (Fsp3) is 0.559. The van der Waals surface area contributed by atoms with Crippen LogP contribution in [-0.2, 0) is 33.3 Å². The molecule has 1 aromatic carbocycles. The van der Waals surface area contributed by atoms with E-state index < -0.39 is 64.5 Å². The third-order valence-electron chi connectivity index (χ3n) is 10.0. The van der Waals surface area contributed by atoms with Crippen molar-refractivity contribution in [2.75, 3.05) is 0 Å². The van der Waals surface area contributed by atoms with E-state index >= 15 is 0 Å². The van der Waals surface area contributed by atoms with Crippen molar-refractivity contribution in [1.82, 2.24) is 0 Å². The van der Waals surface area contributed by atoms with Crippen molar-refractivity contribution in [1.29, 1.82) is 0 Å². The van der Waals surface area contributed by atoms with E-state index in [1.165, 1.54) is 13.0 Å². The molecule has 3 aliphatic carbocycles. The van der Waals surface area contributed by atoms with Crippen LogP contribution in [-0.4, -0.2) is 58.6 Å². The maximum atomic E-state index is 13.6. The van der Waals surface area contributed by atoms with Crippen molar-refractivity contribution in [3.05, 3.63) is 65.3 Å². The minimum absolute atomic E-state index is 0.0541. The topological polar surface area (TPSA) is 108 Å². The minimum Gasteiger partial charge on any atom is -0.459 e. The molecule has 1 heterocycles. The molecular formula is C34H42O8. The van der Waals surface area contributed by atoms with Gasteiger partial charge in [-0.05, 0) is 62.0 Å². The number of allylic oxidation sites excluding steroid dienone is 1. The predicted molar refractivity (Wildman–Crippen MR) is 156 cm³/mol. The molecule has 226 valence electrons. The molecule has 0 radical (unpaired) electrons. The fourth-order valence-corrected chi connectivity index (χ4v) is 8.11. The second-order valence-electron chi connectivity index (χ2n) is 13.4. The van der Waals surface area contributed by atoms with E-state index in [9.17, 15) is 19.5 Å². The Bertz CT molecular complexity index is 1370. The van der Waals surface area contributed by atoms with Gasteiger partial charge in [0.1, 0.15) is 23.9 Å². The first-order valence-electron chi connectivity index (χ1n) is 14.6. The molecule has 8 nitrogen and oxygen atoms in total. The standard InChI is InChI=1S/C34H42O8/c1-19-23(36)18-34-29(41-32(6,7)42-34)27-20(2)24(40-25(37)15-14-22-12-10-9-11-13-22)16-17-33(27,8)30(39-21(3)35)28(38)26(19)31(34,4)5/h9-15,24,27-30,38H,2,16-18H2,1,3-8H3/b15-14+/t24-,27-,28+,29-,30-,33+,34+/m0/s1. The molecule has 1 aliphatic heterocycles. The Morgan fingerprint density at radius 1 is 1.10 bits per heavy atom. The summed E-state index contributed by atoms with van der Waals surface area (Å²) in [5.74, 6) is -2.86. The highest BCUT2D eigenvalue weighted by molar-refractivity contribution is 5.98. The zero-order chi connectivity index (χ0) is 30.8. The molecule has 1 saturated heterocycles. The molecule has 2 saturated carbocycles. The number of carbonyl (C=O) groups excluding carboxylic acids is 3. The normalized spacial score (nSPS) is 37.0. The summed E-state index contributed by atoms with van der Waals surface area (Å²) in [5.41, 5.74) is -0.515. The quantitative estimate of drug-likeness (QED) is 0.299. The van der Waals surface area contributed by atoms with Crippen LogP contribution in [0, 0.1) is 16.7 Å². The highest BCUT2D eigenvalue weighted by atomic mass is 16.8. The van der Waals surface area contributed by atoms with Crippen molar-refractivity contribution in [3.8, 4) is 0 Å². The molecule has 2 bridgehead atoms. The lowest BCUT2D eigenvalue weighted by Crippen LogP contribution is -2.69. The average Bonchev–Trinajstić information content (AvgIpc) is 3.17. The van der Waals surface area contributed by atoms with Crippen LogP contribution in [0.5, 0.6) is 0 Å². The lowest BCUT2D eigenvalue weighted by Gasteiger charge is -2.61. The van der Waals surface area contributed by atoms with Crippen molar-refractivity contribution in [3.63, 3.8) is 0 Å². The van der Waals surface area contributed by atoms with Gasteiger partial charge in [0.25, 0.3) is 0 Å². The Hall–Kier alpha value is -3.07. The third kappa shape index (κ3) is 4.68. The van der Waals surface area contributed by atoms with E-state index in [2.05, 4.69) is 6.58 Å². The van der Waals surface area contributed by atoms with E-state index in [0.717, 1.165) is 5.56 Å². The number of benzene rings is 1. The van der Waals surface area contributed by atoms with Crippen molar-refractivity contribution in [2.24, 2.45) is 16.7 Å². The predicted octanol–water partition coefficient (Wildman–Crippen LogP) is 5.10. The van der Waals surface area contributed by atoms with Crippen LogP contribution in [0.2, 0.25) is 0 Å². The van der Waals surface area contributed by atoms with Crippen LogP contribution in [0.3, 0.4) is 0 Å². The van der Waals surface area contributed by atoms with Gasteiger partial charge in [0.2, 0.25) is 0 Å². The number of fused-ring (bicyclic) bond motifs is 3. The van der Waals surface area contributed by atoms with Crippen LogP contribution in [0.1, 0.15) is 73.3 Å². The van der Waals surface area contributed by atoms with Crippen LogP contribution in [0.4, 0.5) is 0 Å². The van der Waals surface area contributed by atoms with Gasteiger partial charge in [0.05, 0.1) is 6.10 Å². The Balaban J connectivity index is 1.61. The lowest BCUT2D eigenvalue weighted by atomic mass is 9.48. The van der Waals surface area contributed by atoms with E-state index in [4.69, 9.17) is 18.9 Å². The Kier molecular flexibility index (Phi) is 7.44. The smallest absolute Gasteiger partial charge is 0.331 e. The number of aliphatic hydroxyl groups is 1. The maximum absolute atomic E-state index is 13.6. The first-order chi connectivity index (χ1) is 19.5. The highest BCUT2D eigenvalue weighted by Gasteiger charge is 2.72. The van der Waals surface area contributed by atoms with E-state index in [1.54, 1.807) is 13.0 Å². The zero-order valence-corrected chi connectivity index (χ0v) is 25.6. The maximum Gasteiger partial charge on any atom is 0.331 e. The molecule has 1 aromatic rings. The summed E-state index contributed by atoms with van der Waals surface area (Å²) in [6.07, 6.45) is 0.334. The second kappa shape index (κ2) is 10.3. The summed E-state index contributed by atoms with van der Waals surface area (Å²) in [7, 11) is 0. The number of carbonyl (C=O) groups is 3. The van der Waals surface area contributed by atoms with Crippen molar-refractivity contribution < 1.29 is 38.4 Å². The summed E-state index contributed by atoms with van der Waals surface area (Å²) in [5, 5.41) is 12.1. The van der Waals surface area contributed by atoms with Crippen LogP contribution >= 0.6 is 0 Å². The first kappa shape index (κ1) is 30.4. The van der Waals surface area contributed by atoms with Crippen molar-refractivity contribution in [2.45, 2.75) is 104 Å². The molecule has 1 spiro atoms. The Labute approximate surface area is 247 Å². The molecular weight excluding hydrogens is 536 g/mol. The van der Waals surface area contributed by atoms with Crippen LogP contribution in [0.25, 0.3) is 6.08 Å². The van der Waals surface area contributed by atoms with E-state index in [-0.39, 0.29) is 12.2 Å². The van der Waals surface area contributed by atoms with Gasteiger partial charge in [-0.2, -0.15) is 0 Å². The van der Waals surface area contributed by atoms with E-state index in [1.807, 2.05) is 65.0 Å². The first-order valence-corrected chi connectivity index (χ1v) is 14.6. The molecule has 0 unspecified atom stereocenters. The molecule has 3 fully saturated rings. The highest BCUT2D eigenvalue weighted by Crippen LogP contribution is 2.65. The van der Waals surface area contributed by atoms with Crippen LogP contribution < -0.4 is 0 Å². The van der Waals surface area contributed by atoms with Gasteiger partial charge in [0.15, 0.2) is 11.6 Å². The fourth-order valence-electron chi connectivity index (χ4n) is 8.11. The lowest BCUT2D eigenvalue weighted by molar-refractivity contribution is -0.198. The summed E-state index contributed by atoms with van der Waals surface area (Å²) in [6.45, 7) is 17.0. The summed E-state index contributed by atoms with van der Waals surface area (Å²) < 4.78 is 25.3. The van der Waals surface area contributed by atoms with E-state index in [0.29, 0.717) is 29.6 Å². The second-order valence-corrected chi connectivity index (χ2v) is 13.4. The number of rotatable bonds is 4. The average molecular weight is 579 g/mol. The number of hydrogen-bond acceptors (Lipinski definition) is 8. The molecule has 4 aliphatic rings. The monoisotopic (exact) mass is 578 g/mol. The number of Topliss-reactive ketones (excluding diaryl/α,β-unsaturated/α-hetero) is 1. The molecule has 8 heteroatoms. The number of esters is 2. The number of ketones is 1. The number of aliphatic hydroxyl groups excluding tert-OH is 1. The van der Waals surface area contributed by atoms with Gasteiger partial charge in [-0.15, -0.1) is 0 Å². The Morgan fingerprint density at radius 2 is 1.76 bits per heavy atom. The summed E-state index contributed by atoms with van der Waals surface area (Å²) >= 11 is 0. The third-order valence-corrected chi connectivity index (χ3v) is 10.0. The molecule has 42 heavy (non-hydrogen) atoms. The van der Waals surface area contributed by atoms with Gasteiger partial charge in [0, 0.05) is 36.2 Å². The molecule has 7 atom stereocenters. The number of ether oxygens (including phenoxy) is 4.